The van der Waals surface area contributed by atoms with Gasteiger partial charge in [-0.2, -0.15) is 5.26 Å². The van der Waals surface area contributed by atoms with Crippen LogP contribution in [0.25, 0.3) is 0 Å². The highest BCUT2D eigenvalue weighted by atomic mass is 16.5. The minimum absolute atomic E-state index is 0.101. The Labute approximate surface area is 249 Å². The smallest absolute Gasteiger partial charge is 0.322 e. The fourth-order valence-corrected chi connectivity index (χ4v) is 5.13. The van der Waals surface area contributed by atoms with Gasteiger partial charge in [0.2, 0.25) is 0 Å². The van der Waals surface area contributed by atoms with Gasteiger partial charge in [-0.1, -0.05) is 51.3 Å². The van der Waals surface area contributed by atoms with Gasteiger partial charge in [0.25, 0.3) is 11.8 Å². The lowest BCUT2D eigenvalue weighted by atomic mass is 9.79. The SMILES string of the molecule is C=CC=C.CC.CC1(C2CCN(c3ccccc3C#N)CC2)NC(=O)NC1=O.CCN1Cc2cc(OC)ccc2C1=O. The van der Waals surface area contributed by atoms with Gasteiger partial charge < -0.3 is 19.9 Å². The summed E-state index contributed by atoms with van der Waals surface area (Å²) in [5, 5.41) is 14.3. The number of allylic oxidation sites excluding steroid dienone is 2. The molecule has 9 nitrogen and oxygen atoms in total. The highest BCUT2D eigenvalue weighted by molar-refractivity contribution is 6.07. The largest absolute Gasteiger partial charge is 0.497 e. The average Bonchev–Trinajstić information content (AvgIpc) is 3.51. The number of anilines is 1. The minimum Gasteiger partial charge on any atom is -0.497 e. The number of ether oxygens (including phenoxy) is 1. The molecule has 9 heteroatoms. The molecule has 1 atom stereocenters. The number of methoxy groups -OCH3 is 1. The normalized spacial score (nSPS) is 18.8. The molecule has 0 saturated carbocycles. The van der Waals surface area contributed by atoms with E-state index in [1.807, 2.05) is 68.1 Å². The number of amides is 4. The summed E-state index contributed by atoms with van der Waals surface area (Å²) in [4.78, 5) is 39.1. The highest BCUT2D eigenvalue weighted by Crippen LogP contribution is 2.33. The highest BCUT2D eigenvalue weighted by Gasteiger charge is 2.48. The minimum atomic E-state index is -0.822. The maximum Gasteiger partial charge on any atom is 0.322 e. The molecular weight excluding hydrogens is 530 g/mol. The zero-order chi connectivity index (χ0) is 31.3. The first kappa shape index (κ1) is 33.6. The third-order valence-electron chi connectivity index (χ3n) is 7.49. The molecule has 2 aromatic rings. The van der Waals surface area contributed by atoms with Crippen LogP contribution >= 0.6 is 0 Å². The summed E-state index contributed by atoms with van der Waals surface area (Å²) in [5.74, 6) is 0.803. The predicted molar refractivity (Wildman–Crippen MR) is 166 cm³/mol. The monoisotopic (exact) mass is 573 g/mol. The quantitative estimate of drug-likeness (QED) is 0.364. The van der Waals surface area contributed by atoms with Gasteiger partial charge in [-0.15, -0.1) is 0 Å². The number of carbonyl (C=O) groups excluding carboxylic acids is 3. The van der Waals surface area contributed by atoms with E-state index in [0.717, 1.165) is 55.0 Å². The molecule has 1 unspecified atom stereocenters. The Morgan fingerprint density at radius 3 is 2.26 bits per heavy atom. The Morgan fingerprint density at radius 1 is 1.10 bits per heavy atom. The van der Waals surface area contributed by atoms with Gasteiger partial charge in [0.1, 0.15) is 17.4 Å². The number of nitrogens with zero attached hydrogens (tertiary/aromatic N) is 3. The standard InChI is InChI=1S/C16H18N4O2.C11H13NO2.C4H6.C2H6/c1-16(14(21)18-15(22)19-16)12-6-8-20(9-7-12)13-5-3-2-4-11(13)10-17;1-3-12-7-8-6-9(14-2)4-5-10(8)11(12)13;1-3-4-2;1-2/h2-5,12H,6-9H2,1H3,(H2,18,19,21,22);4-6H,3,7H2,1-2H3;3-4H,1-2H2;1-2H3. The van der Waals surface area contributed by atoms with Gasteiger partial charge in [-0.3, -0.25) is 14.9 Å². The summed E-state index contributed by atoms with van der Waals surface area (Å²) in [7, 11) is 1.64. The Morgan fingerprint density at radius 2 is 1.74 bits per heavy atom. The van der Waals surface area contributed by atoms with Gasteiger partial charge in [0, 0.05) is 31.7 Å². The van der Waals surface area contributed by atoms with Crippen LogP contribution in [-0.4, -0.2) is 55.0 Å². The molecule has 0 radical (unpaired) electrons. The van der Waals surface area contributed by atoms with Gasteiger partial charge in [0.15, 0.2) is 0 Å². The second-order valence-corrected chi connectivity index (χ2v) is 9.81. The number of imide groups is 1. The molecule has 2 N–H and O–H groups in total. The molecular formula is C33H43N5O4. The summed E-state index contributed by atoms with van der Waals surface area (Å²) in [6.45, 7) is 17.5. The number of piperidine rings is 1. The van der Waals surface area contributed by atoms with Crippen molar-refractivity contribution in [3.63, 3.8) is 0 Å². The third kappa shape index (κ3) is 7.78. The van der Waals surface area contributed by atoms with Crippen molar-refractivity contribution in [3.05, 3.63) is 84.5 Å². The molecule has 0 spiro atoms. The number of rotatable bonds is 5. The molecule has 3 heterocycles. The van der Waals surface area contributed by atoms with Crippen molar-refractivity contribution in [2.45, 2.75) is 52.6 Å². The molecule has 42 heavy (non-hydrogen) atoms. The molecule has 224 valence electrons. The number of nitriles is 1. The number of para-hydroxylation sites is 1. The van der Waals surface area contributed by atoms with E-state index in [1.165, 1.54) is 0 Å². The Balaban J connectivity index is 0.000000264. The molecule has 0 aliphatic carbocycles. The summed E-state index contributed by atoms with van der Waals surface area (Å²) in [6.07, 6.45) is 4.87. The molecule has 5 rings (SSSR count). The lowest BCUT2D eigenvalue weighted by Gasteiger charge is -2.39. The number of nitrogens with one attached hydrogen (secondary N) is 2. The van der Waals surface area contributed by atoms with Crippen LogP contribution in [0.3, 0.4) is 0 Å². The molecule has 2 fully saturated rings. The topological polar surface area (TPSA) is 115 Å². The van der Waals surface area contributed by atoms with Gasteiger partial charge in [0.05, 0.1) is 18.4 Å². The number of urea groups is 1. The van der Waals surface area contributed by atoms with Crippen molar-refractivity contribution in [2.24, 2.45) is 5.92 Å². The summed E-state index contributed by atoms with van der Waals surface area (Å²) in [5.41, 5.74) is 2.66. The lowest BCUT2D eigenvalue weighted by Crippen LogP contribution is -2.53. The summed E-state index contributed by atoms with van der Waals surface area (Å²) < 4.78 is 5.11. The molecule has 3 aliphatic heterocycles. The zero-order valence-corrected chi connectivity index (χ0v) is 25.4. The number of benzene rings is 2. The van der Waals surface area contributed by atoms with Crippen LogP contribution in [0.5, 0.6) is 5.75 Å². The van der Waals surface area contributed by atoms with Gasteiger partial charge in [-0.05, 0) is 68.5 Å². The van der Waals surface area contributed by atoms with E-state index in [9.17, 15) is 19.6 Å². The third-order valence-corrected chi connectivity index (χ3v) is 7.49. The van der Waals surface area contributed by atoms with Crippen LogP contribution in [0, 0.1) is 17.2 Å². The number of hydrogen-bond donors (Lipinski definition) is 2. The van der Waals surface area contributed by atoms with Crippen LogP contribution in [0.2, 0.25) is 0 Å². The van der Waals surface area contributed by atoms with E-state index in [1.54, 1.807) is 26.2 Å². The molecule has 0 bridgehead atoms. The van der Waals surface area contributed by atoms with Gasteiger partial charge >= 0.3 is 6.03 Å². The number of fused-ring (bicyclic) bond motifs is 1. The van der Waals surface area contributed by atoms with Crippen molar-refractivity contribution < 1.29 is 19.1 Å². The molecule has 2 aromatic carbocycles. The first-order valence-corrected chi connectivity index (χ1v) is 14.3. The van der Waals surface area contributed by atoms with Crippen LogP contribution in [0.4, 0.5) is 10.5 Å². The molecule has 3 aliphatic rings. The lowest BCUT2D eigenvalue weighted by molar-refractivity contribution is -0.125. The van der Waals surface area contributed by atoms with Crippen LogP contribution in [-0.2, 0) is 11.3 Å². The maximum absolute atomic E-state index is 12.0. The number of carbonyl (C=O) groups is 3. The van der Waals surface area contributed by atoms with Crippen LogP contribution < -0.4 is 20.3 Å². The first-order chi connectivity index (χ1) is 20.2. The van der Waals surface area contributed by atoms with Crippen molar-refractivity contribution in [1.29, 1.82) is 5.26 Å². The van der Waals surface area contributed by atoms with Crippen molar-refractivity contribution in [3.8, 4) is 11.8 Å². The van der Waals surface area contributed by atoms with E-state index in [4.69, 9.17) is 4.74 Å². The maximum atomic E-state index is 12.0. The Kier molecular flexibility index (Phi) is 12.8. The Hall–Kier alpha value is -4.58. The summed E-state index contributed by atoms with van der Waals surface area (Å²) in [6, 6.07) is 14.9. The second kappa shape index (κ2) is 16.0. The second-order valence-electron chi connectivity index (χ2n) is 9.81. The predicted octanol–water partition coefficient (Wildman–Crippen LogP) is 5.43. The fourth-order valence-electron chi connectivity index (χ4n) is 5.13. The van der Waals surface area contributed by atoms with Crippen LogP contribution in [0.15, 0.2) is 67.8 Å². The summed E-state index contributed by atoms with van der Waals surface area (Å²) >= 11 is 0. The Bertz CT molecular complexity index is 1300. The van der Waals surface area contributed by atoms with Crippen molar-refractivity contribution in [2.75, 3.05) is 31.6 Å². The fraction of sp³-hybridized carbons (Fsp3) is 0.394. The van der Waals surface area contributed by atoms with Gasteiger partial charge in [-0.25, -0.2) is 4.79 Å². The van der Waals surface area contributed by atoms with Crippen molar-refractivity contribution >= 4 is 23.5 Å². The van der Waals surface area contributed by atoms with E-state index in [-0.39, 0.29) is 17.7 Å². The van der Waals surface area contributed by atoms with E-state index in [0.29, 0.717) is 12.1 Å². The molecule has 0 aromatic heterocycles. The molecule has 4 amide bonds. The number of hydrogen-bond acceptors (Lipinski definition) is 6. The first-order valence-electron chi connectivity index (χ1n) is 14.3. The van der Waals surface area contributed by atoms with Crippen molar-refractivity contribution in [1.82, 2.24) is 15.5 Å². The van der Waals surface area contributed by atoms with E-state index in [2.05, 4.69) is 34.8 Å². The average molecular weight is 574 g/mol. The zero-order valence-electron chi connectivity index (χ0n) is 25.4. The van der Waals surface area contributed by atoms with E-state index < -0.39 is 11.6 Å². The van der Waals surface area contributed by atoms with E-state index >= 15 is 0 Å². The van der Waals surface area contributed by atoms with Crippen LogP contribution in [0.1, 0.15) is 62.0 Å². The molecule has 2 saturated heterocycles.